The lowest BCUT2D eigenvalue weighted by molar-refractivity contribution is -0.142. The highest BCUT2D eigenvalue weighted by molar-refractivity contribution is 6.30. The number of benzene rings is 3. The number of amides is 14. The zero-order valence-corrected chi connectivity index (χ0v) is 58.0. The number of halogens is 1. The van der Waals surface area contributed by atoms with Crippen molar-refractivity contribution in [2.75, 3.05) is 26.2 Å². The van der Waals surface area contributed by atoms with Crippen molar-refractivity contribution in [2.45, 2.75) is 178 Å². The lowest BCUT2D eigenvalue weighted by Gasteiger charge is -2.31. The molecule has 0 saturated carbocycles. The number of carbonyl (C=O) groups excluding carboxylic acids is 14. The molecule has 14 amide bonds. The molecule has 11 atom stereocenters. The SMILES string of the molecule is CC[C@H]1NC(=O)CC[C@@H]2NC(=O)[C@@H](NC(=O)[C@@H](Cc3cccnc3)NC(=O)[C@@H](Cc3ccc(Cl)cc3)NC(=O)[C@@H](Cc3ccc4ccccc4c3)NC(C)=O)CC(=O)NC[C@@H](C(N)=O)NC(=O)[C@@H]3CCCN3C(=O)[C@H](CCNC1=O)NC(=O)[C@H](CC(C)C)NC(=O)[C@@H](CCCN=C(N)N)NC2=O. The van der Waals surface area contributed by atoms with E-state index in [0.717, 1.165) is 10.8 Å². The Hall–Kier alpha value is -10.8. The molecule has 0 spiro atoms. The molecule has 4 aromatic rings. The van der Waals surface area contributed by atoms with E-state index in [0.29, 0.717) is 21.7 Å². The number of nitrogens with zero attached hydrogens (tertiary/aromatic N) is 3. The van der Waals surface area contributed by atoms with Crippen molar-refractivity contribution in [1.82, 2.24) is 73.7 Å². The van der Waals surface area contributed by atoms with E-state index >= 15 is 19.2 Å². The van der Waals surface area contributed by atoms with Crippen LogP contribution in [0.3, 0.4) is 0 Å². The van der Waals surface area contributed by atoms with Crippen LogP contribution in [0.4, 0.5) is 0 Å². The van der Waals surface area contributed by atoms with Crippen LogP contribution in [0.1, 0.15) is 109 Å². The summed E-state index contributed by atoms with van der Waals surface area (Å²) in [6, 6.07) is 5.57. The van der Waals surface area contributed by atoms with Crippen LogP contribution in [0.2, 0.25) is 5.02 Å². The molecule has 3 saturated heterocycles. The molecule has 4 heterocycles. The summed E-state index contributed by atoms with van der Waals surface area (Å²) in [6.45, 7) is 5.26. The fraction of sp³-hybridized carbons (Fsp3) is 0.478. The predicted molar refractivity (Wildman–Crippen MR) is 374 cm³/mol. The molecule has 0 unspecified atom stereocenters. The second kappa shape index (κ2) is 38.1. The van der Waals surface area contributed by atoms with E-state index in [4.69, 9.17) is 28.8 Å². The first kappa shape index (κ1) is 78.5. The minimum Gasteiger partial charge on any atom is -0.370 e. The molecule has 18 N–H and O–H groups in total. The summed E-state index contributed by atoms with van der Waals surface area (Å²) in [5.74, 6) is -13.6. The molecule has 7 rings (SSSR count). The van der Waals surface area contributed by atoms with E-state index in [9.17, 15) is 47.9 Å². The number of rotatable bonds is 21. The highest BCUT2D eigenvalue weighted by Crippen LogP contribution is 2.22. The van der Waals surface area contributed by atoms with Gasteiger partial charge >= 0.3 is 0 Å². The smallest absolute Gasteiger partial charge is 0.245 e. The second-order valence-electron chi connectivity index (χ2n) is 25.8. The van der Waals surface area contributed by atoms with Crippen molar-refractivity contribution < 1.29 is 67.1 Å². The quantitative estimate of drug-likeness (QED) is 0.0179. The Morgan fingerprint density at radius 1 is 0.637 bits per heavy atom. The molecule has 33 heteroatoms. The van der Waals surface area contributed by atoms with Crippen LogP contribution >= 0.6 is 11.6 Å². The Balaban J connectivity index is 1.30. The van der Waals surface area contributed by atoms with E-state index in [1.165, 1.54) is 24.2 Å². The first-order valence-corrected chi connectivity index (χ1v) is 34.3. The summed E-state index contributed by atoms with van der Waals surface area (Å²) in [5.41, 5.74) is 18.5. The van der Waals surface area contributed by atoms with Gasteiger partial charge in [0.25, 0.3) is 0 Å². The number of hydrogen-bond acceptors (Lipinski definition) is 16. The molecule has 2 bridgehead atoms. The van der Waals surface area contributed by atoms with Crippen molar-refractivity contribution in [3.8, 4) is 0 Å². The van der Waals surface area contributed by atoms with Gasteiger partial charge in [-0.3, -0.25) is 77.1 Å². The van der Waals surface area contributed by atoms with Crippen LogP contribution in [0.5, 0.6) is 0 Å². The molecule has 0 radical (unpaired) electrons. The second-order valence-corrected chi connectivity index (χ2v) is 26.3. The number of carbonyl (C=O) groups is 14. The summed E-state index contributed by atoms with van der Waals surface area (Å²) in [7, 11) is 0. The average molecular weight is 1430 g/mol. The molecule has 3 fully saturated rings. The summed E-state index contributed by atoms with van der Waals surface area (Å²) < 4.78 is 0. The molecule has 0 aliphatic carbocycles. The maximum Gasteiger partial charge on any atom is 0.245 e. The molecule has 32 nitrogen and oxygen atoms in total. The first-order chi connectivity index (χ1) is 48.6. The summed E-state index contributed by atoms with van der Waals surface area (Å²) >= 11 is 6.26. The van der Waals surface area contributed by atoms with Crippen LogP contribution in [0.15, 0.2) is 96.2 Å². The van der Waals surface area contributed by atoms with E-state index in [2.05, 4.69) is 73.8 Å². The molecule has 3 aromatic carbocycles. The van der Waals surface area contributed by atoms with Gasteiger partial charge < -0.3 is 85.9 Å². The van der Waals surface area contributed by atoms with Gasteiger partial charge in [-0.2, -0.15) is 0 Å². The zero-order chi connectivity index (χ0) is 74.2. The van der Waals surface area contributed by atoms with Gasteiger partial charge in [0.2, 0.25) is 82.7 Å². The topological polar surface area (TPSA) is 490 Å². The van der Waals surface area contributed by atoms with Crippen molar-refractivity contribution in [3.63, 3.8) is 0 Å². The van der Waals surface area contributed by atoms with Crippen LogP contribution in [0.25, 0.3) is 10.8 Å². The molecule has 3 aliphatic rings. The summed E-state index contributed by atoms with van der Waals surface area (Å²) in [6.07, 6.45) is -0.0931. The number of guanidine groups is 1. The van der Waals surface area contributed by atoms with Crippen LogP contribution in [-0.4, -0.2) is 191 Å². The third-order valence-electron chi connectivity index (χ3n) is 17.4. The van der Waals surface area contributed by atoms with Gasteiger partial charge in [0.1, 0.15) is 66.5 Å². The van der Waals surface area contributed by atoms with Gasteiger partial charge in [0.15, 0.2) is 5.96 Å². The van der Waals surface area contributed by atoms with Crippen LogP contribution in [-0.2, 0) is 86.4 Å². The number of primary amides is 1. The number of nitrogens with two attached hydrogens (primary N) is 3. The number of pyridine rings is 1. The molecule has 102 heavy (non-hydrogen) atoms. The average Bonchev–Trinajstić information content (AvgIpc) is 1.35. The van der Waals surface area contributed by atoms with Crippen LogP contribution < -0.4 is 81.0 Å². The van der Waals surface area contributed by atoms with Crippen molar-refractivity contribution >= 4 is 111 Å². The van der Waals surface area contributed by atoms with Crippen molar-refractivity contribution in [1.29, 1.82) is 0 Å². The monoisotopic (exact) mass is 1430 g/mol. The Labute approximate surface area is 594 Å². The van der Waals surface area contributed by atoms with E-state index in [-0.39, 0.29) is 95.7 Å². The standard InChI is InChI=1S/C69H91ClN18O14/c1-5-45-59(93)75-27-24-48-68(102)88-28-10-15-55(88)67(101)87-54(58(71)92)36-77-57(91)34-53(66(100)81-47(22-23-56(90)79-45)61(95)80-46(14-9-26-76-69(72)73)60(94)83-49(29-37(2)3)62(96)82-48)86-65(99)52(33-41-11-8-25-74-35-41)85-64(98)51(31-39-17-20-44(70)21-18-39)84-63(97)50(78-38(4)89)32-40-16-19-42-12-6-7-13-43(42)30-40/h6-8,11-13,16-21,25,30,35,37,45-55H,5,9-10,14-15,22-24,26-29,31-34,36H2,1-4H3,(H2,71,92)(H,75,93)(H,77,91)(H,78,89)(H,79,90)(H,80,95)(H,81,100)(H,82,96)(H,83,94)(H,84,97)(H,85,98)(H,86,99)(H,87,101)(H4,72,73,76)/t45-,46-,47+,48+,49+,50-,51-,52-,53+,54+,55+/m1/s1. The molecular formula is C69H91ClN18O14. The van der Waals surface area contributed by atoms with Gasteiger partial charge in [-0.25, -0.2) is 0 Å². The number of nitrogens with one attached hydrogen (secondary N) is 12. The van der Waals surface area contributed by atoms with E-state index in [1.807, 2.05) is 36.4 Å². The molecule has 548 valence electrons. The fourth-order valence-corrected chi connectivity index (χ4v) is 12.2. The van der Waals surface area contributed by atoms with Gasteiger partial charge in [0.05, 0.1) is 6.42 Å². The highest BCUT2D eigenvalue weighted by Gasteiger charge is 2.41. The summed E-state index contributed by atoms with van der Waals surface area (Å²) in [4.78, 5) is 211. The maximum absolute atomic E-state index is 15.3. The predicted octanol–water partition coefficient (Wildman–Crippen LogP) is -2.41. The Bertz CT molecular complexity index is 3750. The highest BCUT2D eigenvalue weighted by atomic mass is 35.5. The van der Waals surface area contributed by atoms with Crippen molar-refractivity contribution in [2.24, 2.45) is 28.1 Å². The lowest BCUT2D eigenvalue weighted by Crippen LogP contribution is -2.61. The Morgan fingerprint density at radius 2 is 1.28 bits per heavy atom. The van der Waals surface area contributed by atoms with E-state index in [1.54, 1.807) is 63.2 Å². The third-order valence-corrected chi connectivity index (χ3v) is 17.6. The first-order valence-electron chi connectivity index (χ1n) is 33.9. The maximum atomic E-state index is 15.3. The van der Waals surface area contributed by atoms with Crippen LogP contribution in [0, 0.1) is 5.92 Å². The number of hydrogen-bond donors (Lipinski definition) is 15. The lowest BCUT2D eigenvalue weighted by atomic mass is 9.99. The minimum atomic E-state index is -2.06. The fourth-order valence-electron chi connectivity index (χ4n) is 12.0. The molecular weight excluding hydrogens is 1340 g/mol. The Morgan fingerprint density at radius 3 is 1.95 bits per heavy atom. The molecule has 1 aromatic heterocycles. The van der Waals surface area contributed by atoms with Gasteiger partial charge in [0, 0.05) is 76.2 Å². The number of fused-ring (bicyclic) bond motifs is 11. The minimum absolute atomic E-state index is 0.0164. The summed E-state index contributed by atoms with van der Waals surface area (Å²) in [5, 5.41) is 33.6. The van der Waals surface area contributed by atoms with Gasteiger partial charge in [-0.05, 0) is 103 Å². The number of aromatic nitrogens is 1. The molecule has 3 aliphatic heterocycles. The van der Waals surface area contributed by atoms with Crippen molar-refractivity contribution in [3.05, 3.63) is 113 Å². The normalized spacial score (nSPS) is 22.4. The zero-order valence-electron chi connectivity index (χ0n) is 57.3. The largest absolute Gasteiger partial charge is 0.370 e. The van der Waals surface area contributed by atoms with Gasteiger partial charge in [-0.1, -0.05) is 93.0 Å². The van der Waals surface area contributed by atoms with Gasteiger partial charge in [-0.15, -0.1) is 0 Å². The Kier molecular flexibility index (Phi) is 29.4. The number of aliphatic imine (C=N–C) groups is 1. The van der Waals surface area contributed by atoms with E-state index < -0.39 is 175 Å². The third kappa shape index (κ3) is 24.0.